The Morgan fingerprint density at radius 3 is 2.88 bits per heavy atom. The minimum Gasteiger partial charge on any atom is -0.465 e. The summed E-state index contributed by atoms with van der Waals surface area (Å²) in [5.74, 6) is -3.17. The number of hydrogen-bond acceptors (Lipinski definition) is 6. The number of ether oxygens (including phenoxy) is 1. The average molecular weight is 367 g/mol. The fourth-order valence-corrected chi connectivity index (χ4v) is 3.23. The van der Waals surface area contributed by atoms with Gasteiger partial charge in [-0.1, -0.05) is 16.5 Å². The lowest BCUT2D eigenvalue weighted by atomic mass is 10.3. The van der Waals surface area contributed by atoms with Crippen LogP contribution in [0.25, 0.3) is 10.2 Å². The molecule has 0 saturated carbocycles. The van der Waals surface area contributed by atoms with Crippen LogP contribution in [0.3, 0.4) is 0 Å². The van der Waals surface area contributed by atoms with E-state index in [0.29, 0.717) is 6.07 Å². The van der Waals surface area contributed by atoms with Crippen molar-refractivity contribution < 1.29 is 27.6 Å². The summed E-state index contributed by atoms with van der Waals surface area (Å²) in [5, 5.41) is 3.41. The van der Waals surface area contributed by atoms with Gasteiger partial charge in [-0.2, -0.15) is 4.99 Å². The Balaban J connectivity index is 2.17. The normalized spacial score (nSPS) is 11.9. The van der Waals surface area contributed by atoms with Crippen LogP contribution in [0.2, 0.25) is 0 Å². The SMILES string of the molecule is CCOC(=O)Cn1c(=NC(=O)c2ccno2)sc2cc(F)cc(F)c21. The van der Waals surface area contributed by atoms with E-state index in [2.05, 4.69) is 10.1 Å². The van der Waals surface area contributed by atoms with Gasteiger partial charge in [0, 0.05) is 12.1 Å². The minimum absolute atomic E-state index is 0.00829. The number of carbonyl (C=O) groups excluding carboxylic acids is 2. The van der Waals surface area contributed by atoms with Gasteiger partial charge in [0.2, 0.25) is 5.76 Å². The second-order valence-electron chi connectivity index (χ2n) is 4.80. The van der Waals surface area contributed by atoms with E-state index >= 15 is 0 Å². The molecule has 2 heterocycles. The molecule has 10 heteroatoms. The van der Waals surface area contributed by atoms with Crippen molar-refractivity contribution in [3.05, 3.63) is 46.6 Å². The third kappa shape index (κ3) is 3.48. The summed E-state index contributed by atoms with van der Waals surface area (Å²) in [6.07, 6.45) is 1.27. The number of halogens is 2. The molecule has 0 aliphatic carbocycles. The van der Waals surface area contributed by atoms with Gasteiger partial charge >= 0.3 is 11.9 Å². The van der Waals surface area contributed by atoms with E-state index in [1.54, 1.807) is 6.92 Å². The lowest BCUT2D eigenvalue weighted by Crippen LogP contribution is -2.23. The van der Waals surface area contributed by atoms with Crippen LogP contribution in [0.15, 0.2) is 33.9 Å². The quantitative estimate of drug-likeness (QED) is 0.660. The second kappa shape index (κ2) is 6.93. The van der Waals surface area contributed by atoms with Crippen molar-refractivity contribution in [3.8, 4) is 0 Å². The van der Waals surface area contributed by atoms with Crippen LogP contribution < -0.4 is 4.80 Å². The molecule has 0 unspecified atom stereocenters. The summed E-state index contributed by atoms with van der Waals surface area (Å²) in [4.78, 5) is 27.7. The monoisotopic (exact) mass is 367 g/mol. The van der Waals surface area contributed by atoms with Crippen molar-refractivity contribution in [1.29, 1.82) is 0 Å². The third-order valence-electron chi connectivity index (χ3n) is 3.13. The number of carbonyl (C=O) groups is 2. The zero-order chi connectivity index (χ0) is 18.0. The highest BCUT2D eigenvalue weighted by Crippen LogP contribution is 2.22. The van der Waals surface area contributed by atoms with E-state index < -0.39 is 23.5 Å². The van der Waals surface area contributed by atoms with E-state index in [0.717, 1.165) is 17.4 Å². The number of hydrogen-bond donors (Lipinski definition) is 0. The summed E-state index contributed by atoms with van der Waals surface area (Å²) in [6.45, 7) is 1.39. The van der Waals surface area contributed by atoms with Gasteiger partial charge < -0.3 is 13.8 Å². The molecule has 0 fully saturated rings. The number of benzene rings is 1. The molecule has 0 bridgehead atoms. The van der Waals surface area contributed by atoms with Gasteiger partial charge in [0.1, 0.15) is 12.4 Å². The van der Waals surface area contributed by atoms with Crippen LogP contribution in [-0.2, 0) is 16.1 Å². The number of nitrogens with zero attached hydrogens (tertiary/aromatic N) is 3. The number of fused-ring (bicyclic) bond motifs is 1. The van der Waals surface area contributed by atoms with Gasteiger partial charge in [0.05, 0.1) is 23.0 Å². The summed E-state index contributed by atoms with van der Waals surface area (Å²) in [5.41, 5.74) is -0.0384. The molecule has 0 atom stereocenters. The minimum atomic E-state index is -0.871. The van der Waals surface area contributed by atoms with E-state index in [1.807, 2.05) is 0 Å². The zero-order valence-electron chi connectivity index (χ0n) is 12.9. The molecular weight excluding hydrogens is 356 g/mol. The Morgan fingerprint density at radius 2 is 2.20 bits per heavy atom. The summed E-state index contributed by atoms with van der Waals surface area (Å²) < 4.78 is 38.6. The molecule has 0 spiro atoms. The second-order valence-corrected chi connectivity index (χ2v) is 5.81. The van der Waals surface area contributed by atoms with Crippen molar-refractivity contribution in [2.24, 2.45) is 4.99 Å². The Bertz CT molecular complexity index is 1010. The molecule has 0 saturated heterocycles. The molecule has 25 heavy (non-hydrogen) atoms. The molecular formula is C15H11F2N3O4S. The van der Waals surface area contributed by atoms with Crippen molar-refractivity contribution >= 4 is 33.4 Å². The smallest absolute Gasteiger partial charge is 0.326 e. The highest BCUT2D eigenvalue weighted by Gasteiger charge is 2.17. The van der Waals surface area contributed by atoms with E-state index in [-0.39, 0.29) is 33.9 Å². The Hall–Kier alpha value is -2.88. The Labute approximate surface area is 143 Å². The van der Waals surface area contributed by atoms with Gasteiger partial charge in [0.25, 0.3) is 0 Å². The van der Waals surface area contributed by atoms with Crippen LogP contribution in [0.1, 0.15) is 17.5 Å². The maximum absolute atomic E-state index is 14.2. The topological polar surface area (TPSA) is 86.7 Å². The highest BCUT2D eigenvalue weighted by molar-refractivity contribution is 7.16. The van der Waals surface area contributed by atoms with Gasteiger partial charge in [0.15, 0.2) is 10.6 Å². The fraction of sp³-hybridized carbons (Fsp3) is 0.200. The number of aromatic nitrogens is 2. The standard InChI is InChI=1S/C15H11F2N3O4S/c1-2-23-12(21)7-20-13-9(17)5-8(16)6-11(13)25-15(20)19-14(22)10-3-4-18-24-10/h3-6H,2,7H2,1H3. The largest absolute Gasteiger partial charge is 0.465 e. The molecule has 130 valence electrons. The maximum atomic E-state index is 14.2. The lowest BCUT2D eigenvalue weighted by molar-refractivity contribution is -0.143. The number of esters is 1. The average Bonchev–Trinajstić information content (AvgIpc) is 3.16. The van der Waals surface area contributed by atoms with E-state index in [4.69, 9.17) is 9.26 Å². The van der Waals surface area contributed by atoms with E-state index in [9.17, 15) is 18.4 Å². The van der Waals surface area contributed by atoms with Crippen molar-refractivity contribution in [1.82, 2.24) is 9.72 Å². The van der Waals surface area contributed by atoms with Gasteiger partial charge in [-0.3, -0.25) is 9.59 Å². The Morgan fingerprint density at radius 1 is 1.40 bits per heavy atom. The fourth-order valence-electron chi connectivity index (χ4n) is 2.16. The van der Waals surface area contributed by atoms with E-state index in [1.165, 1.54) is 16.8 Å². The Kier molecular flexibility index (Phi) is 4.70. The molecule has 0 aliphatic rings. The summed E-state index contributed by atoms with van der Waals surface area (Å²) in [6, 6.07) is 3.11. The number of rotatable bonds is 4. The first-order valence-electron chi connectivity index (χ1n) is 7.13. The molecule has 0 aliphatic heterocycles. The number of amides is 1. The molecule has 1 amide bonds. The van der Waals surface area contributed by atoms with Crippen molar-refractivity contribution in [2.75, 3.05) is 6.61 Å². The molecule has 1 aromatic carbocycles. The molecule has 3 rings (SSSR count). The van der Waals surface area contributed by atoms with Crippen LogP contribution in [0.4, 0.5) is 8.78 Å². The zero-order valence-corrected chi connectivity index (χ0v) is 13.7. The van der Waals surface area contributed by atoms with Gasteiger partial charge in [-0.25, -0.2) is 8.78 Å². The van der Waals surface area contributed by atoms with Crippen LogP contribution >= 0.6 is 11.3 Å². The first-order valence-corrected chi connectivity index (χ1v) is 7.95. The van der Waals surface area contributed by atoms with Crippen LogP contribution in [0, 0.1) is 11.6 Å². The van der Waals surface area contributed by atoms with Crippen molar-refractivity contribution in [2.45, 2.75) is 13.5 Å². The predicted octanol–water partition coefficient (Wildman–Crippen LogP) is 2.27. The summed E-state index contributed by atoms with van der Waals surface area (Å²) in [7, 11) is 0. The molecule has 0 radical (unpaired) electrons. The third-order valence-corrected chi connectivity index (χ3v) is 4.16. The highest BCUT2D eigenvalue weighted by atomic mass is 32.1. The number of thiazole rings is 1. The lowest BCUT2D eigenvalue weighted by Gasteiger charge is -2.05. The molecule has 0 N–H and O–H groups in total. The van der Waals surface area contributed by atoms with Gasteiger partial charge in [-0.05, 0) is 13.0 Å². The summed E-state index contributed by atoms with van der Waals surface area (Å²) >= 11 is 0.864. The molecule has 3 aromatic rings. The van der Waals surface area contributed by atoms with Gasteiger partial charge in [-0.15, -0.1) is 0 Å². The van der Waals surface area contributed by atoms with Crippen molar-refractivity contribution in [3.63, 3.8) is 0 Å². The molecule has 7 nitrogen and oxygen atoms in total. The van der Waals surface area contributed by atoms with Crippen LogP contribution in [-0.4, -0.2) is 28.2 Å². The molecule has 2 aromatic heterocycles. The maximum Gasteiger partial charge on any atom is 0.326 e. The first-order chi connectivity index (χ1) is 12.0. The predicted molar refractivity (Wildman–Crippen MR) is 82.8 cm³/mol. The van der Waals surface area contributed by atoms with Crippen LogP contribution in [0.5, 0.6) is 0 Å². The first kappa shape index (κ1) is 17.0.